The summed E-state index contributed by atoms with van der Waals surface area (Å²) < 4.78 is 36.8. The number of carbonyl (C=O) groups excluding carboxylic acids is 1. The van der Waals surface area contributed by atoms with Gasteiger partial charge < -0.3 is 14.4 Å². The smallest absolute Gasteiger partial charge is 0.253 e. The van der Waals surface area contributed by atoms with Gasteiger partial charge >= 0.3 is 0 Å². The maximum Gasteiger partial charge on any atom is 0.253 e. The standard InChI is InChI=1S/C20H22N2O5S/c1-21(14-15-6-7-18-19(12-15)27-10-9-26-18)20(23)16-4-2-5-17(13-16)22-8-3-11-28(22,24)25/h2,4-7,12-13H,3,8-11,14H2,1H3. The van der Waals surface area contributed by atoms with Crippen LogP contribution in [0.25, 0.3) is 0 Å². The van der Waals surface area contributed by atoms with E-state index in [0.717, 1.165) is 5.56 Å². The normalized spacial score (nSPS) is 17.4. The summed E-state index contributed by atoms with van der Waals surface area (Å²) in [5.41, 5.74) is 1.93. The van der Waals surface area contributed by atoms with Crippen LogP contribution in [0.2, 0.25) is 0 Å². The van der Waals surface area contributed by atoms with E-state index >= 15 is 0 Å². The molecule has 148 valence electrons. The lowest BCUT2D eigenvalue weighted by molar-refractivity contribution is 0.0784. The minimum absolute atomic E-state index is 0.148. The predicted molar refractivity (Wildman–Crippen MR) is 105 cm³/mol. The van der Waals surface area contributed by atoms with Crippen LogP contribution < -0.4 is 13.8 Å². The number of anilines is 1. The van der Waals surface area contributed by atoms with E-state index in [0.29, 0.717) is 55.5 Å². The Hall–Kier alpha value is -2.74. The molecule has 1 fully saturated rings. The molecule has 0 spiro atoms. The van der Waals surface area contributed by atoms with Gasteiger partial charge in [-0.3, -0.25) is 9.10 Å². The number of sulfonamides is 1. The van der Waals surface area contributed by atoms with Crippen molar-refractivity contribution < 1.29 is 22.7 Å². The molecule has 0 bridgehead atoms. The summed E-state index contributed by atoms with van der Waals surface area (Å²) in [7, 11) is -1.56. The maximum atomic E-state index is 12.9. The molecule has 28 heavy (non-hydrogen) atoms. The third-order valence-corrected chi connectivity index (χ3v) is 6.72. The molecule has 1 saturated heterocycles. The number of rotatable bonds is 4. The lowest BCUT2D eigenvalue weighted by Crippen LogP contribution is -2.28. The molecule has 2 aromatic carbocycles. The molecule has 0 unspecified atom stereocenters. The molecular weight excluding hydrogens is 380 g/mol. The van der Waals surface area contributed by atoms with Crippen LogP contribution in [-0.4, -0.2) is 51.8 Å². The van der Waals surface area contributed by atoms with Crippen molar-refractivity contribution >= 4 is 21.6 Å². The minimum Gasteiger partial charge on any atom is -0.486 e. The zero-order valence-electron chi connectivity index (χ0n) is 15.6. The summed E-state index contributed by atoms with van der Waals surface area (Å²) in [6.07, 6.45) is 0.602. The highest BCUT2D eigenvalue weighted by molar-refractivity contribution is 7.93. The lowest BCUT2D eigenvalue weighted by Gasteiger charge is -2.22. The van der Waals surface area contributed by atoms with Gasteiger partial charge in [0.15, 0.2) is 11.5 Å². The van der Waals surface area contributed by atoms with Crippen LogP contribution in [0.3, 0.4) is 0 Å². The quantitative estimate of drug-likeness (QED) is 0.784. The number of amides is 1. The summed E-state index contributed by atoms with van der Waals surface area (Å²) in [6, 6.07) is 12.4. The summed E-state index contributed by atoms with van der Waals surface area (Å²) in [4.78, 5) is 14.5. The Bertz CT molecular complexity index is 1010. The second kappa shape index (κ2) is 7.35. The number of hydrogen-bond donors (Lipinski definition) is 0. The van der Waals surface area contributed by atoms with E-state index in [4.69, 9.17) is 9.47 Å². The highest BCUT2D eigenvalue weighted by atomic mass is 32.2. The molecule has 2 aromatic rings. The second-order valence-electron chi connectivity index (χ2n) is 6.93. The SMILES string of the molecule is CN(Cc1ccc2c(c1)OCCO2)C(=O)c1cccc(N2CCCS2(=O)=O)c1. The van der Waals surface area contributed by atoms with Crippen molar-refractivity contribution in [2.24, 2.45) is 0 Å². The van der Waals surface area contributed by atoms with Crippen molar-refractivity contribution in [2.75, 3.05) is 36.9 Å². The number of nitrogens with zero attached hydrogens (tertiary/aromatic N) is 2. The monoisotopic (exact) mass is 402 g/mol. The van der Waals surface area contributed by atoms with Crippen molar-refractivity contribution in [2.45, 2.75) is 13.0 Å². The highest BCUT2D eigenvalue weighted by Gasteiger charge is 2.29. The molecule has 0 atom stereocenters. The first-order chi connectivity index (χ1) is 13.4. The van der Waals surface area contributed by atoms with Crippen molar-refractivity contribution in [3.8, 4) is 11.5 Å². The van der Waals surface area contributed by atoms with Crippen LogP contribution in [-0.2, 0) is 16.6 Å². The number of fused-ring (bicyclic) bond motifs is 1. The predicted octanol–water partition coefficient (Wildman–Crippen LogP) is 2.27. The van der Waals surface area contributed by atoms with Crippen LogP contribution in [0.5, 0.6) is 11.5 Å². The van der Waals surface area contributed by atoms with Gasteiger partial charge in [-0.05, 0) is 42.3 Å². The Balaban J connectivity index is 1.50. The minimum atomic E-state index is -3.28. The molecule has 7 nitrogen and oxygen atoms in total. The summed E-state index contributed by atoms with van der Waals surface area (Å²) in [5.74, 6) is 1.37. The summed E-state index contributed by atoms with van der Waals surface area (Å²) in [5, 5.41) is 0. The Labute approximate surface area is 164 Å². The van der Waals surface area contributed by atoms with Gasteiger partial charge in [0, 0.05) is 25.7 Å². The zero-order valence-corrected chi connectivity index (χ0v) is 16.4. The molecule has 4 rings (SSSR count). The van der Waals surface area contributed by atoms with Crippen LogP contribution >= 0.6 is 0 Å². The molecule has 2 aliphatic heterocycles. The highest BCUT2D eigenvalue weighted by Crippen LogP contribution is 2.31. The Morgan fingerprint density at radius 1 is 1.11 bits per heavy atom. The van der Waals surface area contributed by atoms with E-state index in [1.807, 2.05) is 18.2 Å². The van der Waals surface area contributed by atoms with Gasteiger partial charge in [0.05, 0.1) is 11.4 Å². The van der Waals surface area contributed by atoms with Gasteiger partial charge in [-0.25, -0.2) is 8.42 Å². The van der Waals surface area contributed by atoms with Gasteiger partial charge in [0.25, 0.3) is 5.91 Å². The molecule has 1 amide bonds. The number of carbonyl (C=O) groups is 1. The molecule has 0 saturated carbocycles. The second-order valence-corrected chi connectivity index (χ2v) is 8.94. The first-order valence-electron chi connectivity index (χ1n) is 9.18. The fourth-order valence-corrected chi connectivity index (χ4v) is 5.03. The van der Waals surface area contributed by atoms with Crippen molar-refractivity contribution in [1.82, 2.24) is 4.90 Å². The maximum absolute atomic E-state index is 12.9. The first-order valence-corrected chi connectivity index (χ1v) is 10.8. The summed E-state index contributed by atoms with van der Waals surface area (Å²) in [6.45, 7) is 1.90. The molecule has 0 radical (unpaired) electrons. The van der Waals surface area contributed by atoms with Gasteiger partial charge in [-0.15, -0.1) is 0 Å². The molecular formula is C20H22N2O5S. The molecule has 8 heteroatoms. The fourth-order valence-electron chi connectivity index (χ4n) is 3.48. The van der Waals surface area contributed by atoms with Crippen molar-refractivity contribution in [1.29, 1.82) is 0 Å². The van der Waals surface area contributed by atoms with Crippen LogP contribution in [0, 0.1) is 0 Å². The average molecular weight is 402 g/mol. The van der Waals surface area contributed by atoms with Gasteiger partial charge in [0.1, 0.15) is 13.2 Å². The van der Waals surface area contributed by atoms with Crippen LogP contribution in [0.15, 0.2) is 42.5 Å². The number of hydrogen-bond acceptors (Lipinski definition) is 5. The Kier molecular flexibility index (Phi) is 4.89. The van der Waals surface area contributed by atoms with E-state index in [2.05, 4.69) is 0 Å². The molecule has 2 aliphatic rings. The number of benzene rings is 2. The first kappa shape index (κ1) is 18.6. The topological polar surface area (TPSA) is 76.2 Å². The van der Waals surface area contributed by atoms with Gasteiger partial charge in [-0.1, -0.05) is 12.1 Å². The van der Waals surface area contributed by atoms with Gasteiger partial charge in [-0.2, -0.15) is 0 Å². The third-order valence-electron chi connectivity index (χ3n) is 4.85. The van der Waals surface area contributed by atoms with Crippen LogP contribution in [0.4, 0.5) is 5.69 Å². The van der Waals surface area contributed by atoms with Crippen molar-refractivity contribution in [3.05, 3.63) is 53.6 Å². The van der Waals surface area contributed by atoms with E-state index in [9.17, 15) is 13.2 Å². The van der Waals surface area contributed by atoms with Crippen molar-refractivity contribution in [3.63, 3.8) is 0 Å². The van der Waals surface area contributed by atoms with E-state index in [-0.39, 0.29) is 11.7 Å². The van der Waals surface area contributed by atoms with Gasteiger partial charge in [0.2, 0.25) is 10.0 Å². The summed E-state index contributed by atoms with van der Waals surface area (Å²) >= 11 is 0. The zero-order chi connectivity index (χ0) is 19.7. The lowest BCUT2D eigenvalue weighted by atomic mass is 10.1. The Morgan fingerprint density at radius 3 is 2.64 bits per heavy atom. The van der Waals surface area contributed by atoms with E-state index in [1.54, 1.807) is 36.2 Å². The van der Waals surface area contributed by atoms with Crippen LogP contribution in [0.1, 0.15) is 22.3 Å². The van der Waals surface area contributed by atoms with E-state index in [1.165, 1.54) is 4.31 Å². The largest absolute Gasteiger partial charge is 0.486 e. The molecule has 0 N–H and O–H groups in total. The Morgan fingerprint density at radius 2 is 1.89 bits per heavy atom. The number of ether oxygens (including phenoxy) is 2. The third kappa shape index (κ3) is 3.64. The molecule has 0 aromatic heterocycles. The average Bonchev–Trinajstić information content (AvgIpc) is 3.06. The fraction of sp³-hybridized carbons (Fsp3) is 0.350. The van der Waals surface area contributed by atoms with E-state index < -0.39 is 10.0 Å². The molecule has 2 heterocycles. The molecule has 0 aliphatic carbocycles.